The second-order valence-electron chi connectivity index (χ2n) is 7.17. The lowest BCUT2D eigenvalue weighted by atomic mass is 10.1. The molecule has 0 aliphatic carbocycles. The molecule has 2 aromatic carbocycles. The summed E-state index contributed by atoms with van der Waals surface area (Å²) in [6.07, 6.45) is 5.22. The van der Waals surface area contributed by atoms with Gasteiger partial charge in [-0.25, -0.2) is 0 Å². The van der Waals surface area contributed by atoms with Crippen molar-refractivity contribution in [3.63, 3.8) is 0 Å². The van der Waals surface area contributed by atoms with Crippen molar-refractivity contribution < 1.29 is 9.59 Å². The Bertz CT molecular complexity index is 1050. The number of thiocarbonyl (C=S) groups is 1. The number of anilines is 2. The predicted molar refractivity (Wildman–Crippen MR) is 125 cm³/mol. The van der Waals surface area contributed by atoms with Crippen LogP contribution < -0.4 is 15.1 Å². The predicted octanol–water partition coefficient (Wildman–Crippen LogP) is 4.82. The summed E-state index contributed by atoms with van der Waals surface area (Å²) in [6.45, 7) is 2.10. The van der Waals surface area contributed by atoms with Crippen LogP contribution in [0.5, 0.6) is 0 Å². The van der Waals surface area contributed by atoms with Crippen LogP contribution in [-0.4, -0.2) is 30.0 Å². The molecule has 4 rings (SSSR count). The van der Waals surface area contributed by atoms with Crippen LogP contribution >= 0.6 is 35.4 Å². The van der Waals surface area contributed by atoms with Gasteiger partial charge in [-0.3, -0.25) is 19.8 Å². The molecular weight excluding hydrogens is 441 g/mol. The molecule has 2 heterocycles. The van der Waals surface area contributed by atoms with Gasteiger partial charge in [-0.05, 0) is 67.4 Å². The summed E-state index contributed by atoms with van der Waals surface area (Å²) in [5.41, 5.74) is 2.19. The maximum Gasteiger partial charge on any atom is 0.270 e. The molecule has 2 amide bonds. The zero-order valence-electron chi connectivity index (χ0n) is 16.0. The number of benzene rings is 2. The van der Waals surface area contributed by atoms with Crippen LogP contribution in [0.4, 0.5) is 11.4 Å². The van der Waals surface area contributed by atoms with E-state index in [1.165, 1.54) is 24.2 Å². The average Bonchev–Trinajstić information content (AvgIpc) is 2.75. The van der Waals surface area contributed by atoms with Crippen molar-refractivity contribution in [2.24, 2.45) is 0 Å². The van der Waals surface area contributed by atoms with Crippen molar-refractivity contribution in [3.05, 3.63) is 63.6 Å². The van der Waals surface area contributed by atoms with Gasteiger partial charge in [0.25, 0.3) is 11.8 Å². The van der Waals surface area contributed by atoms with Crippen molar-refractivity contribution in [2.75, 3.05) is 22.9 Å². The monoisotopic (exact) mass is 459 g/mol. The summed E-state index contributed by atoms with van der Waals surface area (Å²) < 4.78 is 0. The number of carbonyl (C=O) groups is 2. The first kappa shape index (κ1) is 20.8. The molecule has 0 atom stereocenters. The van der Waals surface area contributed by atoms with Crippen LogP contribution in [0.25, 0.3) is 6.08 Å². The maximum absolute atomic E-state index is 13.1. The molecule has 1 N–H and O–H groups in total. The van der Waals surface area contributed by atoms with Crippen LogP contribution in [0.1, 0.15) is 24.8 Å². The van der Waals surface area contributed by atoms with Gasteiger partial charge < -0.3 is 4.90 Å². The van der Waals surface area contributed by atoms with Crippen LogP contribution in [0.3, 0.4) is 0 Å². The highest BCUT2D eigenvalue weighted by Gasteiger charge is 2.35. The molecule has 30 heavy (non-hydrogen) atoms. The molecule has 5 nitrogen and oxygen atoms in total. The van der Waals surface area contributed by atoms with Crippen LogP contribution in [0.15, 0.2) is 48.0 Å². The summed E-state index contributed by atoms with van der Waals surface area (Å²) in [5, 5.41) is 3.01. The summed E-state index contributed by atoms with van der Waals surface area (Å²) in [7, 11) is 0. The first-order valence-corrected chi connectivity index (χ1v) is 10.8. The number of piperidine rings is 1. The van der Waals surface area contributed by atoms with Crippen molar-refractivity contribution in [1.82, 2.24) is 5.32 Å². The number of hydrogen-bond acceptors (Lipinski definition) is 4. The molecule has 2 aromatic rings. The third kappa shape index (κ3) is 4.08. The molecule has 154 valence electrons. The topological polar surface area (TPSA) is 52.7 Å². The molecule has 2 aliphatic heterocycles. The minimum Gasteiger partial charge on any atom is -0.372 e. The van der Waals surface area contributed by atoms with E-state index in [0.29, 0.717) is 10.7 Å². The Hall–Kier alpha value is -2.41. The van der Waals surface area contributed by atoms with E-state index in [9.17, 15) is 9.59 Å². The van der Waals surface area contributed by atoms with E-state index >= 15 is 0 Å². The second kappa shape index (κ2) is 8.76. The molecule has 0 radical (unpaired) electrons. The molecule has 0 saturated carbocycles. The Kier molecular flexibility index (Phi) is 6.09. The van der Waals surface area contributed by atoms with Gasteiger partial charge in [0, 0.05) is 18.8 Å². The van der Waals surface area contributed by atoms with E-state index in [4.69, 9.17) is 35.4 Å². The van der Waals surface area contributed by atoms with E-state index in [-0.39, 0.29) is 15.7 Å². The number of amides is 2. The Morgan fingerprint density at radius 1 is 0.967 bits per heavy atom. The van der Waals surface area contributed by atoms with Gasteiger partial charge in [-0.1, -0.05) is 41.4 Å². The number of hydrogen-bond donors (Lipinski definition) is 1. The van der Waals surface area contributed by atoms with E-state index < -0.39 is 11.8 Å². The first-order valence-electron chi connectivity index (χ1n) is 9.66. The molecule has 0 unspecified atom stereocenters. The third-order valence-corrected chi connectivity index (χ3v) is 6.29. The fraction of sp³-hybridized carbons (Fsp3) is 0.227. The summed E-state index contributed by atoms with van der Waals surface area (Å²) in [6, 6.07) is 12.7. The number of nitrogens with one attached hydrogen (secondary N) is 1. The molecule has 0 aromatic heterocycles. The van der Waals surface area contributed by atoms with E-state index in [0.717, 1.165) is 24.3 Å². The largest absolute Gasteiger partial charge is 0.372 e. The van der Waals surface area contributed by atoms with E-state index in [1.807, 2.05) is 24.3 Å². The number of halogens is 2. The van der Waals surface area contributed by atoms with Gasteiger partial charge in [-0.2, -0.15) is 0 Å². The fourth-order valence-electron chi connectivity index (χ4n) is 3.64. The normalized spacial score (nSPS) is 18.7. The highest BCUT2D eigenvalue weighted by atomic mass is 35.5. The zero-order chi connectivity index (χ0) is 21.3. The van der Waals surface area contributed by atoms with Gasteiger partial charge in [0.05, 0.1) is 15.7 Å². The first-order chi connectivity index (χ1) is 14.5. The Morgan fingerprint density at radius 2 is 1.67 bits per heavy atom. The Labute approximate surface area is 190 Å². The van der Waals surface area contributed by atoms with E-state index in [2.05, 4.69) is 10.2 Å². The maximum atomic E-state index is 13.1. The lowest BCUT2D eigenvalue weighted by Gasteiger charge is -2.30. The smallest absolute Gasteiger partial charge is 0.270 e. The molecule has 2 aliphatic rings. The number of rotatable bonds is 3. The SMILES string of the molecule is O=C1NC(=S)N(c2cccc(Cl)c2Cl)C(=O)/C1=C/c1ccc(N2CCCCC2)cc1. The van der Waals surface area contributed by atoms with Crippen LogP contribution in [-0.2, 0) is 9.59 Å². The molecule has 2 fully saturated rings. The quantitative estimate of drug-likeness (QED) is 0.406. The van der Waals surface area contributed by atoms with Crippen molar-refractivity contribution in [1.29, 1.82) is 0 Å². The molecule has 0 spiro atoms. The average molecular weight is 460 g/mol. The molecular formula is C22H19Cl2N3O2S. The lowest BCUT2D eigenvalue weighted by molar-refractivity contribution is -0.122. The highest BCUT2D eigenvalue weighted by molar-refractivity contribution is 7.80. The second-order valence-corrected chi connectivity index (χ2v) is 8.34. The van der Waals surface area contributed by atoms with E-state index in [1.54, 1.807) is 24.3 Å². The Balaban J connectivity index is 1.63. The molecule has 0 bridgehead atoms. The number of carbonyl (C=O) groups excluding carboxylic acids is 2. The summed E-state index contributed by atoms with van der Waals surface area (Å²) in [5.74, 6) is -1.09. The van der Waals surface area contributed by atoms with Gasteiger partial charge in [-0.15, -0.1) is 0 Å². The summed E-state index contributed by atoms with van der Waals surface area (Å²) in [4.78, 5) is 29.1. The van der Waals surface area contributed by atoms with Gasteiger partial charge in [0.15, 0.2) is 5.11 Å². The van der Waals surface area contributed by atoms with Gasteiger partial charge in [0.2, 0.25) is 0 Å². The van der Waals surface area contributed by atoms with Crippen molar-refractivity contribution >= 4 is 69.8 Å². The number of nitrogens with zero attached hydrogens (tertiary/aromatic N) is 2. The van der Waals surface area contributed by atoms with Crippen molar-refractivity contribution in [2.45, 2.75) is 19.3 Å². The Morgan fingerprint density at radius 3 is 2.37 bits per heavy atom. The van der Waals surface area contributed by atoms with Crippen molar-refractivity contribution in [3.8, 4) is 0 Å². The fourth-order valence-corrected chi connectivity index (χ4v) is 4.30. The van der Waals surface area contributed by atoms with Crippen LogP contribution in [0, 0.1) is 0 Å². The molecule has 8 heteroatoms. The lowest BCUT2D eigenvalue weighted by Crippen LogP contribution is -2.54. The standard InChI is InChI=1S/C22H19Cl2N3O2S/c23-17-5-4-6-18(19(17)24)27-21(29)16(20(28)25-22(27)30)13-14-7-9-15(10-8-14)26-11-2-1-3-12-26/h4-10,13H,1-3,11-12H2,(H,25,28,30)/b16-13+. The zero-order valence-corrected chi connectivity index (χ0v) is 18.4. The van der Waals surface area contributed by atoms with Gasteiger partial charge in [0.1, 0.15) is 5.57 Å². The highest BCUT2D eigenvalue weighted by Crippen LogP contribution is 2.34. The summed E-state index contributed by atoms with van der Waals surface area (Å²) >= 11 is 17.6. The minimum atomic E-state index is -0.548. The molecule has 2 saturated heterocycles. The third-order valence-electron chi connectivity index (χ3n) is 5.20. The van der Waals surface area contributed by atoms with Crippen LogP contribution in [0.2, 0.25) is 10.0 Å². The van der Waals surface area contributed by atoms with Gasteiger partial charge >= 0.3 is 0 Å². The minimum absolute atomic E-state index is 0.0228.